The summed E-state index contributed by atoms with van der Waals surface area (Å²) in [6.45, 7) is 3.23. The van der Waals surface area contributed by atoms with E-state index in [9.17, 15) is 18.0 Å². The van der Waals surface area contributed by atoms with Crippen LogP contribution in [0.5, 0.6) is 0 Å². The van der Waals surface area contributed by atoms with Gasteiger partial charge in [0.1, 0.15) is 0 Å². The molecule has 2 rings (SSSR count). The lowest BCUT2D eigenvalue weighted by molar-refractivity contribution is -0.137. The maximum absolute atomic E-state index is 12.5. The van der Waals surface area contributed by atoms with Crippen LogP contribution >= 0.6 is 0 Å². The fourth-order valence-electron chi connectivity index (χ4n) is 2.54. The number of nitrogens with two attached hydrogens (primary N) is 1. The van der Waals surface area contributed by atoms with Gasteiger partial charge < -0.3 is 10.6 Å². The highest BCUT2D eigenvalue weighted by Crippen LogP contribution is 2.29. The van der Waals surface area contributed by atoms with Crippen LogP contribution in [0.3, 0.4) is 0 Å². The van der Waals surface area contributed by atoms with Crippen molar-refractivity contribution in [2.45, 2.75) is 32.0 Å². The van der Waals surface area contributed by atoms with Gasteiger partial charge in [-0.25, -0.2) is 0 Å². The lowest BCUT2D eigenvalue weighted by Crippen LogP contribution is -2.33. The highest BCUT2D eigenvalue weighted by molar-refractivity contribution is 5.79. The fourth-order valence-corrected chi connectivity index (χ4v) is 2.54. The summed E-state index contributed by atoms with van der Waals surface area (Å²) in [5, 5.41) is 0. The van der Waals surface area contributed by atoms with Gasteiger partial charge in [-0.1, -0.05) is 12.1 Å². The first-order valence-corrected chi connectivity index (χ1v) is 6.97. The van der Waals surface area contributed by atoms with Gasteiger partial charge >= 0.3 is 6.18 Å². The van der Waals surface area contributed by atoms with Crippen molar-refractivity contribution in [3.05, 3.63) is 35.4 Å². The fraction of sp³-hybridized carbons (Fsp3) is 0.533. The van der Waals surface area contributed by atoms with Crippen LogP contribution in [0.2, 0.25) is 0 Å². The second-order valence-electron chi connectivity index (χ2n) is 5.62. The minimum atomic E-state index is -4.35. The number of carbonyl (C=O) groups excluding carboxylic acids is 1. The smallest absolute Gasteiger partial charge is 0.342 e. The van der Waals surface area contributed by atoms with E-state index in [-0.39, 0.29) is 18.4 Å². The highest BCUT2D eigenvalue weighted by Gasteiger charge is 2.31. The van der Waals surface area contributed by atoms with Crippen molar-refractivity contribution in [2.24, 2.45) is 11.7 Å². The third kappa shape index (κ3) is 3.97. The number of benzene rings is 1. The molecule has 1 saturated heterocycles. The van der Waals surface area contributed by atoms with E-state index in [4.69, 9.17) is 5.73 Å². The molecule has 116 valence electrons. The third-order valence-electron chi connectivity index (χ3n) is 3.96. The van der Waals surface area contributed by atoms with Crippen molar-refractivity contribution >= 4 is 5.91 Å². The first kappa shape index (κ1) is 15.8. The summed E-state index contributed by atoms with van der Waals surface area (Å²) in [5.41, 5.74) is 5.72. The lowest BCUT2D eigenvalue weighted by Gasteiger charge is -2.18. The molecule has 0 radical (unpaired) electrons. The molecule has 2 unspecified atom stereocenters. The molecule has 2 N–H and O–H groups in total. The Bertz CT molecular complexity index is 497. The summed E-state index contributed by atoms with van der Waals surface area (Å²) in [6.07, 6.45) is -3.33. The summed E-state index contributed by atoms with van der Waals surface area (Å²) in [7, 11) is 0. The zero-order chi connectivity index (χ0) is 15.6. The summed E-state index contributed by atoms with van der Waals surface area (Å²) in [6, 6.07) is 4.79. The zero-order valence-electron chi connectivity index (χ0n) is 11.9. The number of likely N-dealkylation sites (tertiary alicyclic amines) is 1. The molecule has 0 aliphatic carbocycles. The molecular formula is C15H19F3N2O. The van der Waals surface area contributed by atoms with Crippen LogP contribution in [-0.4, -0.2) is 29.9 Å². The van der Waals surface area contributed by atoms with Crippen molar-refractivity contribution in [3.63, 3.8) is 0 Å². The van der Waals surface area contributed by atoms with Gasteiger partial charge in [-0.15, -0.1) is 0 Å². The molecule has 1 aromatic rings. The predicted molar refractivity (Wildman–Crippen MR) is 73.5 cm³/mol. The number of nitrogens with zero attached hydrogens (tertiary/aromatic N) is 1. The Balaban J connectivity index is 1.94. The number of hydrogen-bond acceptors (Lipinski definition) is 2. The van der Waals surface area contributed by atoms with Gasteiger partial charge in [-0.3, -0.25) is 4.79 Å². The predicted octanol–water partition coefficient (Wildman–Crippen LogP) is 2.44. The SMILES string of the molecule is CC(N)C1CCN(C(=O)Cc2ccc(C(F)(F)F)cc2)C1. The van der Waals surface area contributed by atoms with Crippen LogP contribution in [0.4, 0.5) is 13.2 Å². The first-order valence-electron chi connectivity index (χ1n) is 6.97. The van der Waals surface area contributed by atoms with Crippen molar-refractivity contribution in [3.8, 4) is 0 Å². The van der Waals surface area contributed by atoms with Gasteiger partial charge in [0.15, 0.2) is 0 Å². The Morgan fingerprint density at radius 2 is 2.00 bits per heavy atom. The van der Waals surface area contributed by atoms with Crippen LogP contribution in [0.1, 0.15) is 24.5 Å². The third-order valence-corrected chi connectivity index (χ3v) is 3.96. The van der Waals surface area contributed by atoms with E-state index in [1.165, 1.54) is 12.1 Å². The van der Waals surface area contributed by atoms with Gasteiger partial charge in [0.05, 0.1) is 12.0 Å². The lowest BCUT2D eigenvalue weighted by atomic mass is 10.0. The van der Waals surface area contributed by atoms with E-state index in [0.717, 1.165) is 18.6 Å². The minimum absolute atomic E-state index is 0.0499. The normalized spacial score (nSPS) is 20.6. The van der Waals surface area contributed by atoms with Crippen LogP contribution in [0.25, 0.3) is 0 Å². The Hall–Kier alpha value is -1.56. The maximum Gasteiger partial charge on any atom is 0.416 e. The molecule has 1 amide bonds. The van der Waals surface area contributed by atoms with E-state index in [0.29, 0.717) is 24.6 Å². The molecule has 3 nitrogen and oxygen atoms in total. The summed E-state index contributed by atoms with van der Waals surface area (Å²) >= 11 is 0. The van der Waals surface area contributed by atoms with Gasteiger partial charge in [0.25, 0.3) is 0 Å². The molecule has 1 aromatic carbocycles. The minimum Gasteiger partial charge on any atom is -0.342 e. The van der Waals surface area contributed by atoms with Gasteiger partial charge in [-0.05, 0) is 37.0 Å². The summed E-state index contributed by atoms with van der Waals surface area (Å²) < 4.78 is 37.4. The molecule has 2 atom stereocenters. The molecule has 0 bridgehead atoms. The van der Waals surface area contributed by atoms with E-state index in [2.05, 4.69) is 0 Å². The van der Waals surface area contributed by atoms with Crippen molar-refractivity contribution in [1.29, 1.82) is 0 Å². The van der Waals surface area contributed by atoms with Gasteiger partial charge in [-0.2, -0.15) is 13.2 Å². The second kappa shape index (κ2) is 6.05. The maximum atomic E-state index is 12.5. The van der Waals surface area contributed by atoms with Gasteiger partial charge in [0, 0.05) is 19.1 Å². The van der Waals surface area contributed by atoms with Crippen LogP contribution in [-0.2, 0) is 17.4 Å². The average molecular weight is 300 g/mol. The quantitative estimate of drug-likeness (QED) is 0.932. The van der Waals surface area contributed by atoms with Crippen molar-refractivity contribution < 1.29 is 18.0 Å². The second-order valence-corrected chi connectivity index (χ2v) is 5.62. The van der Waals surface area contributed by atoms with Gasteiger partial charge in [0.2, 0.25) is 5.91 Å². The zero-order valence-corrected chi connectivity index (χ0v) is 11.9. The summed E-state index contributed by atoms with van der Waals surface area (Å²) in [4.78, 5) is 13.9. The number of rotatable bonds is 3. The summed E-state index contributed by atoms with van der Waals surface area (Å²) in [5.74, 6) is 0.250. The van der Waals surface area contributed by atoms with E-state index in [1.807, 2.05) is 6.92 Å². The molecule has 0 saturated carbocycles. The number of alkyl halides is 3. The molecule has 1 fully saturated rings. The number of hydrogen-bond donors (Lipinski definition) is 1. The van der Waals surface area contributed by atoms with Crippen molar-refractivity contribution in [1.82, 2.24) is 4.90 Å². The monoisotopic (exact) mass is 300 g/mol. The highest BCUT2D eigenvalue weighted by atomic mass is 19.4. The number of amides is 1. The Morgan fingerprint density at radius 3 is 2.48 bits per heavy atom. The van der Waals surface area contributed by atoms with E-state index >= 15 is 0 Å². The molecule has 0 spiro atoms. The molecule has 1 aliphatic rings. The first-order chi connectivity index (χ1) is 9.77. The Labute approximate surface area is 121 Å². The van der Waals surface area contributed by atoms with Crippen LogP contribution in [0, 0.1) is 5.92 Å². The largest absolute Gasteiger partial charge is 0.416 e. The van der Waals surface area contributed by atoms with Crippen LogP contribution in [0.15, 0.2) is 24.3 Å². The van der Waals surface area contributed by atoms with E-state index < -0.39 is 11.7 Å². The topological polar surface area (TPSA) is 46.3 Å². The molecule has 1 heterocycles. The number of halogens is 3. The Kier molecular flexibility index (Phi) is 4.56. The molecule has 0 aromatic heterocycles. The van der Waals surface area contributed by atoms with E-state index in [1.54, 1.807) is 4.90 Å². The molecular weight excluding hydrogens is 281 g/mol. The van der Waals surface area contributed by atoms with Crippen LogP contribution < -0.4 is 5.73 Å². The average Bonchev–Trinajstić information content (AvgIpc) is 2.88. The number of carbonyl (C=O) groups is 1. The molecule has 21 heavy (non-hydrogen) atoms. The standard InChI is InChI=1S/C15H19F3N2O/c1-10(19)12-6-7-20(9-12)14(21)8-11-2-4-13(5-3-11)15(16,17)18/h2-5,10,12H,6-9,19H2,1H3. The molecule has 6 heteroatoms. The Morgan fingerprint density at radius 1 is 1.38 bits per heavy atom. The molecule has 1 aliphatic heterocycles. The van der Waals surface area contributed by atoms with Crippen molar-refractivity contribution in [2.75, 3.05) is 13.1 Å².